The average molecular weight is 300 g/mol. The van der Waals surface area contributed by atoms with Crippen molar-refractivity contribution in [3.8, 4) is 0 Å². The molecule has 0 radical (unpaired) electrons. The Bertz CT molecular complexity index is 321. The third-order valence-electron chi connectivity index (χ3n) is 5.03. The van der Waals surface area contributed by atoms with Crippen molar-refractivity contribution in [1.29, 1.82) is 0 Å². The normalized spacial score (nSPS) is 36.8. The van der Waals surface area contributed by atoms with Crippen LogP contribution in [0, 0.1) is 5.41 Å². The number of nitrogens with two attached hydrogens (primary N) is 1. The van der Waals surface area contributed by atoms with Crippen LogP contribution in [-0.4, -0.2) is 66.1 Å². The minimum absolute atomic E-state index is 0.221. The highest BCUT2D eigenvalue weighted by Crippen LogP contribution is 2.43. The Morgan fingerprint density at radius 3 is 2.60 bits per heavy atom. The summed E-state index contributed by atoms with van der Waals surface area (Å²) in [6.07, 6.45) is 3.76. The molecule has 2 rings (SSSR count). The van der Waals surface area contributed by atoms with Crippen molar-refractivity contribution in [1.82, 2.24) is 9.80 Å². The summed E-state index contributed by atoms with van der Waals surface area (Å²) in [6, 6.07) is 0.667. The third-order valence-corrected chi connectivity index (χ3v) is 6.76. The van der Waals surface area contributed by atoms with E-state index >= 15 is 0 Å². The summed E-state index contributed by atoms with van der Waals surface area (Å²) in [4.78, 5) is 5.30. The molecule has 2 unspecified atom stereocenters. The molecule has 2 fully saturated rings. The molecule has 0 saturated carbocycles. The minimum atomic E-state index is 0.221. The molecule has 3 nitrogen and oxygen atoms in total. The highest BCUT2D eigenvalue weighted by Gasteiger charge is 2.46. The number of rotatable bonds is 3. The summed E-state index contributed by atoms with van der Waals surface area (Å²) in [7, 11) is 2.26. The number of nitrogens with zero attached hydrogens (tertiary/aromatic N) is 2. The first-order chi connectivity index (χ1) is 9.42. The molecule has 0 bridgehead atoms. The summed E-state index contributed by atoms with van der Waals surface area (Å²) >= 11 is 2.11. The van der Waals surface area contributed by atoms with E-state index in [2.05, 4.69) is 49.4 Å². The summed E-state index contributed by atoms with van der Waals surface area (Å²) in [5.41, 5.74) is 6.96. The highest BCUT2D eigenvalue weighted by atomic mass is 32.2. The SMILES string of the molecule is CCC1CN(C)CCCN1C1(CN)CSCC(C)(C)C1. The van der Waals surface area contributed by atoms with Gasteiger partial charge in [-0.15, -0.1) is 0 Å². The molecule has 0 aromatic heterocycles. The van der Waals surface area contributed by atoms with Gasteiger partial charge in [0.05, 0.1) is 0 Å². The Hall–Kier alpha value is 0.230. The first-order valence-corrected chi connectivity index (χ1v) is 9.31. The lowest BCUT2D eigenvalue weighted by molar-refractivity contribution is 0.0300. The van der Waals surface area contributed by atoms with Crippen molar-refractivity contribution in [2.24, 2.45) is 11.1 Å². The fourth-order valence-electron chi connectivity index (χ4n) is 4.16. The topological polar surface area (TPSA) is 32.5 Å². The summed E-state index contributed by atoms with van der Waals surface area (Å²) in [5, 5.41) is 0. The minimum Gasteiger partial charge on any atom is -0.329 e. The van der Waals surface area contributed by atoms with Gasteiger partial charge in [-0.1, -0.05) is 20.8 Å². The maximum absolute atomic E-state index is 6.32. The van der Waals surface area contributed by atoms with Crippen LogP contribution in [0.1, 0.15) is 40.0 Å². The van der Waals surface area contributed by atoms with E-state index < -0.39 is 0 Å². The van der Waals surface area contributed by atoms with Crippen LogP contribution in [-0.2, 0) is 0 Å². The summed E-state index contributed by atoms with van der Waals surface area (Å²) in [6.45, 7) is 11.6. The lowest BCUT2D eigenvalue weighted by Crippen LogP contribution is -2.63. The van der Waals surface area contributed by atoms with E-state index in [0.29, 0.717) is 11.5 Å². The second-order valence-electron chi connectivity index (χ2n) is 7.63. The molecule has 2 aliphatic heterocycles. The van der Waals surface area contributed by atoms with Gasteiger partial charge >= 0.3 is 0 Å². The Morgan fingerprint density at radius 2 is 2.00 bits per heavy atom. The van der Waals surface area contributed by atoms with E-state index in [-0.39, 0.29) is 5.54 Å². The molecule has 0 amide bonds. The van der Waals surface area contributed by atoms with Crippen molar-refractivity contribution >= 4 is 11.8 Å². The molecule has 0 aromatic rings. The lowest BCUT2D eigenvalue weighted by atomic mass is 9.78. The molecular weight excluding hydrogens is 266 g/mol. The number of thioether (sulfide) groups is 1. The van der Waals surface area contributed by atoms with E-state index in [9.17, 15) is 0 Å². The smallest absolute Gasteiger partial charge is 0.0430 e. The van der Waals surface area contributed by atoms with Crippen molar-refractivity contribution in [3.63, 3.8) is 0 Å². The molecular formula is C16H33N3S. The maximum atomic E-state index is 6.32. The van der Waals surface area contributed by atoms with Crippen molar-refractivity contribution in [2.45, 2.75) is 51.6 Å². The predicted molar refractivity (Wildman–Crippen MR) is 90.4 cm³/mol. The van der Waals surface area contributed by atoms with Gasteiger partial charge in [0.1, 0.15) is 0 Å². The second-order valence-corrected chi connectivity index (χ2v) is 8.62. The van der Waals surface area contributed by atoms with Crippen LogP contribution in [0.3, 0.4) is 0 Å². The molecule has 0 aliphatic carbocycles. The highest BCUT2D eigenvalue weighted by molar-refractivity contribution is 7.99. The molecule has 4 heteroatoms. The molecule has 2 atom stereocenters. The zero-order chi connectivity index (χ0) is 14.8. The fourth-order valence-corrected chi connectivity index (χ4v) is 5.68. The van der Waals surface area contributed by atoms with E-state index in [4.69, 9.17) is 5.73 Å². The molecule has 118 valence electrons. The van der Waals surface area contributed by atoms with Gasteiger partial charge < -0.3 is 10.6 Å². The molecule has 20 heavy (non-hydrogen) atoms. The monoisotopic (exact) mass is 299 g/mol. The molecule has 2 N–H and O–H groups in total. The Balaban J connectivity index is 2.23. The van der Waals surface area contributed by atoms with Crippen molar-refractivity contribution < 1.29 is 0 Å². The standard InChI is InChI=1S/C16H33N3S/c1-5-14-9-18(4)7-6-8-19(14)16(11-17)10-15(2,3)12-20-13-16/h14H,5-13,17H2,1-4H3. The van der Waals surface area contributed by atoms with Crippen LogP contribution in [0.15, 0.2) is 0 Å². The Morgan fingerprint density at radius 1 is 1.25 bits per heavy atom. The van der Waals surface area contributed by atoms with Gasteiger partial charge in [-0.25, -0.2) is 0 Å². The average Bonchev–Trinajstić information content (AvgIpc) is 2.59. The summed E-state index contributed by atoms with van der Waals surface area (Å²) < 4.78 is 0. The largest absolute Gasteiger partial charge is 0.329 e. The zero-order valence-electron chi connectivity index (χ0n) is 13.8. The van der Waals surface area contributed by atoms with Gasteiger partial charge in [0, 0.05) is 37.0 Å². The second kappa shape index (κ2) is 6.55. The van der Waals surface area contributed by atoms with E-state index in [1.165, 1.54) is 50.4 Å². The fraction of sp³-hybridized carbons (Fsp3) is 1.00. The molecule has 2 saturated heterocycles. The van der Waals surface area contributed by atoms with Gasteiger partial charge in [-0.2, -0.15) is 11.8 Å². The third kappa shape index (κ3) is 3.52. The molecule has 2 aliphatic rings. The molecule has 0 aromatic carbocycles. The zero-order valence-corrected chi connectivity index (χ0v) is 14.6. The molecule has 0 spiro atoms. The van der Waals surface area contributed by atoms with E-state index in [1.54, 1.807) is 0 Å². The number of hydrogen-bond donors (Lipinski definition) is 1. The van der Waals surface area contributed by atoms with E-state index in [1.807, 2.05) is 0 Å². The maximum Gasteiger partial charge on any atom is 0.0430 e. The van der Waals surface area contributed by atoms with Gasteiger partial charge in [0.25, 0.3) is 0 Å². The van der Waals surface area contributed by atoms with Gasteiger partial charge in [-0.05, 0) is 44.0 Å². The quantitative estimate of drug-likeness (QED) is 0.866. The van der Waals surface area contributed by atoms with Gasteiger partial charge in [0.15, 0.2) is 0 Å². The van der Waals surface area contributed by atoms with Crippen LogP contribution in [0.4, 0.5) is 0 Å². The van der Waals surface area contributed by atoms with E-state index in [0.717, 1.165) is 6.54 Å². The number of likely N-dealkylation sites (N-methyl/N-ethyl adjacent to an activating group) is 1. The Labute approximate surface area is 129 Å². The van der Waals surface area contributed by atoms with Crippen LogP contribution < -0.4 is 5.73 Å². The lowest BCUT2D eigenvalue weighted by Gasteiger charge is -2.53. The van der Waals surface area contributed by atoms with Gasteiger partial charge in [-0.3, -0.25) is 4.90 Å². The molecule has 2 heterocycles. The van der Waals surface area contributed by atoms with Crippen LogP contribution >= 0.6 is 11.8 Å². The first-order valence-electron chi connectivity index (χ1n) is 8.15. The van der Waals surface area contributed by atoms with Gasteiger partial charge in [0.2, 0.25) is 0 Å². The first kappa shape index (κ1) is 16.6. The Kier molecular flexibility index (Phi) is 5.44. The van der Waals surface area contributed by atoms with Crippen molar-refractivity contribution in [3.05, 3.63) is 0 Å². The van der Waals surface area contributed by atoms with Crippen LogP contribution in [0.25, 0.3) is 0 Å². The summed E-state index contributed by atoms with van der Waals surface area (Å²) in [5.74, 6) is 2.49. The number of hydrogen-bond acceptors (Lipinski definition) is 4. The predicted octanol–water partition coefficient (Wildman–Crippen LogP) is 2.26. The van der Waals surface area contributed by atoms with Crippen LogP contribution in [0.5, 0.6) is 0 Å². The van der Waals surface area contributed by atoms with Crippen molar-refractivity contribution in [2.75, 3.05) is 44.7 Å². The van der Waals surface area contributed by atoms with Crippen LogP contribution in [0.2, 0.25) is 0 Å².